The molecule has 3 nitrogen and oxygen atoms in total. The molecule has 1 aliphatic rings. The number of hydrogen-bond acceptors (Lipinski definition) is 3. The predicted molar refractivity (Wildman–Crippen MR) is 69.6 cm³/mol. The third-order valence-electron chi connectivity index (χ3n) is 3.48. The fourth-order valence-electron chi connectivity index (χ4n) is 2.47. The average Bonchev–Trinajstić information content (AvgIpc) is 2.89. The van der Waals surface area contributed by atoms with Gasteiger partial charge in [0.05, 0.1) is 6.20 Å². The summed E-state index contributed by atoms with van der Waals surface area (Å²) in [7, 11) is 1.96. The van der Waals surface area contributed by atoms with Gasteiger partial charge >= 0.3 is 0 Å². The molecule has 1 aliphatic carbocycles. The van der Waals surface area contributed by atoms with Gasteiger partial charge in [0.2, 0.25) is 0 Å². The average molecular weight is 239 g/mol. The molecule has 16 heavy (non-hydrogen) atoms. The molecule has 90 valence electrons. The minimum atomic E-state index is 0.502. The van der Waals surface area contributed by atoms with E-state index in [1.54, 1.807) is 0 Å². The number of rotatable bonds is 5. The summed E-state index contributed by atoms with van der Waals surface area (Å²) in [5.74, 6) is 0. The van der Waals surface area contributed by atoms with Gasteiger partial charge in [-0.05, 0) is 19.1 Å². The second kappa shape index (κ2) is 5.23. The lowest BCUT2D eigenvalue weighted by Gasteiger charge is -2.26. The molecule has 0 aliphatic heterocycles. The van der Waals surface area contributed by atoms with Gasteiger partial charge < -0.3 is 5.32 Å². The highest BCUT2D eigenvalue weighted by Gasteiger charge is 2.32. The predicted octanol–water partition coefficient (Wildman–Crippen LogP) is 2.19. The van der Waals surface area contributed by atoms with E-state index < -0.39 is 0 Å². The second-order valence-corrected chi connectivity index (χ2v) is 5.99. The van der Waals surface area contributed by atoms with Crippen molar-refractivity contribution in [2.75, 3.05) is 12.8 Å². The maximum absolute atomic E-state index is 4.18. The van der Waals surface area contributed by atoms with Crippen LogP contribution in [0.15, 0.2) is 12.4 Å². The topological polar surface area (TPSA) is 29.9 Å². The number of aromatic nitrogens is 2. The first-order chi connectivity index (χ1) is 7.74. The normalized spacial score (nSPS) is 19.1. The molecular weight excluding hydrogens is 218 g/mol. The van der Waals surface area contributed by atoms with Gasteiger partial charge in [0, 0.05) is 36.6 Å². The van der Waals surface area contributed by atoms with Crippen molar-refractivity contribution in [1.29, 1.82) is 0 Å². The van der Waals surface area contributed by atoms with Crippen molar-refractivity contribution in [2.45, 2.75) is 37.0 Å². The molecule has 0 radical (unpaired) electrons. The Kier molecular flexibility index (Phi) is 3.92. The van der Waals surface area contributed by atoms with Gasteiger partial charge in [0.1, 0.15) is 0 Å². The van der Waals surface area contributed by atoms with Crippen LogP contribution in [0.25, 0.3) is 0 Å². The molecular formula is C12H21N3S. The summed E-state index contributed by atoms with van der Waals surface area (Å²) in [6, 6.07) is 0. The number of nitrogens with zero attached hydrogens (tertiary/aromatic N) is 2. The van der Waals surface area contributed by atoms with Crippen LogP contribution in [-0.4, -0.2) is 27.3 Å². The van der Waals surface area contributed by atoms with Gasteiger partial charge in [-0.15, -0.1) is 0 Å². The van der Waals surface area contributed by atoms with Crippen LogP contribution in [0.2, 0.25) is 0 Å². The minimum Gasteiger partial charge on any atom is -0.311 e. The quantitative estimate of drug-likeness (QED) is 0.854. The monoisotopic (exact) mass is 239 g/mol. The number of hydrogen-bond donors (Lipinski definition) is 1. The Morgan fingerprint density at radius 2 is 2.25 bits per heavy atom. The van der Waals surface area contributed by atoms with E-state index in [-0.39, 0.29) is 0 Å². The highest BCUT2D eigenvalue weighted by Crippen LogP contribution is 2.39. The lowest BCUT2D eigenvalue weighted by atomic mass is 10.1. The smallest absolute Gasteiger partial charge is 0.0534 e. The van der Waals surface area contributed by atoms with Gasteiger partial charge in [-0.1, -0.05) is 12.8 Å². The van der Waals surface area contributed by atoms with Crippen molar-refractivity contribution < 1.29 is 0 Å². The van der Waals surface area contributed by atoms with Crippen LogP contribution >= 0.6 is 11.8 Å². The molecule has 1 fully saturated rings. The van der Waals surface area contributed by atoms with Crippen molar-refractivity contribution in [1.82, 2.24) is 15.1 Å². The molecule has 0 atom stereocenters. The summed E-state index contributed by atoms with van der Waals surface area (Å²) in [6.07, 6.45) is 11.8. The number of nitrogens with one attached hydrogen (secondary N) is 1. The molecule has 0 saturated heterocycles. The van der Waals surface area contributed by atoms with Crippen molar-refractivity contribution in [3.05, 3.63) is 18.0 Å². The van der Waals surface area contributed by atoms with Crippen LogP contribution < -0.4 is 5.32 Å². The summed E-state index contributed by atoms with van der Waals surface area (Å²) >= 11 is 2.04. The van der Waals surface area contributed by atoms with E-state index in [9.17, 15) is 0 Å². The van der Waals surface area contributed by atoms with E-state index >= 15 is 0 Å². The Bertz CT molecular complexity index is 329. The molecule has 2 rings (SSSR count). The van der Waals surface area contributed by atoms with Gasteiger partial charge in [-0.3, -0.25) is 4.68 Å². The van der Waals surface area contributed by atoms with E-state index in [1.165, 1.54) is 31.2 Å². The highest BCUT2D eigenvalue weighted by atomic mass is 32.2. The molecule has 1 aromatic heterocycles. The van der Waals surface area contributed by atoms with Crippen LogP contribution in [0.1, 0.15) is 31.2 Å². The zero-order valence-corrected chi connectivity index (χ0v) is 11.0. The van der Waals surface area contributed by atoms with E-state index in [2.05, 4.69) is 22.9 Å². The standard InChI is InChI=1S/C12H21N3S/c1-15-9-11(8-14-15)7-13-10-12(16-2)5-3-4-6-12/h8-9,13H,3-7,10H2,1-2H3. The van der Waals surface area contributed by atoms with Crippen molar-refractivity contribution in [3.63, 3.8) is 0 Å². The Labute approximate surface area is 102 Å². The zero-order chi connectivity index (χ0) is 11.4. The fourth-order valence-corrected chi connectivity index (χ4v) is 3.41. The lowest BCUT2D eigenvalue weighted by Crippen LogP contribution is -2.34. The van der Waals surface area contributed by atoms with E-state index in [0.29, 0.717) is 4.75 Å². The van der Waals surface area contributed by atoms with Crippen LogP contribution in [0, 0.1) is 0 Å². The number of thioether (sulfide) groups is 1. The summed E-state index contributed by atoms with van der Waals surface area (Å²) < 4.78 is 2.36. The SMILES string of the molecule is CSC1(CNCc2cnn(C)c2)CCCC1. The minimum absolute atomic E-state index is 0.502. The first-order valence-corrected chi connectivity index (χ1v) is 7.20. The molecule has 1 saturated carbocycles. The lowest BCUT2D eigenvalue weighted by molar-refractivity contribution is 0.533. The summed E-state index contributed by atoms with van der Waals surface area (Å²) in [5, 5.41) is 7.75. The van der Waals surface area contributed by atoms with E-state index in [0.717, 1.165) is 13.1 Å². The molecule has 4 heteroatoms. The van der Waals surface area contributed by atoms with E-state index in [1.807, 2.05) is 29.7 Å². The van der Waals surface area contributed by atoms with Crippen LogP contribution in [0.4, 0.5) is 0 Å². The van der Waals surface area contributed by atoms with Crippen molar-refractivity contribution in [3.8, 4) is 0 Å². The van der Waals surface area contributed by atoms with Crippen molar-refractivity contribution >= 4 is 11.8 Å². The van der Waals surface area contributed by atoms with Crippen LogP contribution in [0.5, 0.6) is 0 Å². The van der Waals surface area contributed by atoms with Crippen LogP contribution in [0.3, 0.4) is 0 Å². The maximum atomic E-state index is 4.18. The first kappa shape index (κ1) is 12.0. The zero-order valence-electron chi connectivity index (χ0n) is 10.2. The Morgan fingerprint density at radius 3 is 2.81 bits per heavy atom. The summed E-state index contributed by atoms with van der Waals surface area (Å²) in [6.45, 7) is 2.07. The summed E-state index contributed by atoms with van der Waals surface area (Å²) in [4.78, 5) is 0. The molecule has 0 aromatic carbocycles. The second-order valence-electron chi connectivity index (χ2n) is 4.72. The molecule has 0 spiro atoms. The Morgan fingerprint density at radius 1 is 1.50 bits per heavy atom. The molecule has 0 unspecified atom stereocenters. The van der Waals surface area contributed by atoms with Gasteiger partial charge in [0.25, 0.3) is 0 Å². The molecule has 1 heterocycles. The van der Waals surface area contributed by atoms with Crippen LogP contribution in [-0.2, 0) is 13.6 Å². The maximum Gasteiger partial charge on any atom is 0.0534 e. The molecule has 0 bridgehead atoms. The van der Waals surface area contributed by atoms with E-state index in [4.69, 9.17) is 0 Å². The Balaban J connectivity index is 1.78. The largest absolute Gasteiger partial charge is 0.311 e. The van der Waals surface area contributed by atoms with Gasteiger partial charge in [0.15, 0.2) is 0 Å². The molecule has 0 amide bonds. The van der Waals surface area contributed by atoms with Gasteiger partial charge in [-0.25, -0.2) is 0 Å². The molecule has 1 aromatic rings. The van der Waals surface area contributed by atoms with Gasteiger partial charge in [-0.2, -0.15) is 16.9 Å². The third-order valence-corrected chi connectivity index (χ3v) is 4.90. The molecule has 1 N–H and O–H groups in total. The fraction of sp³-hybridized carbons (Fsp3) is 0.750. The Hall–Kier alpha value is -0.480. The third kappa shape index (κ3) is 2.80. The first-order valence-electron chi connectivity index (χ1n) is 5.97. The highest BCUT2D eigenvalue weighted by molar-refractivity contribution is 8.00. The number of aryl methyl sites for hydroxylation is 1. The summed E-state index contributed by atoms with van der Waals surface area (Å²) in [5.41, 5.74) is 1.27. The van der Waals surface area contributed by atoms with Crippen molar-refractivity contribution in [2.24, 2.45) is 7.05 Å².